The van der Waals surface area contributed by atoms with E-state index in [1.165, 1.54) is 24.9 Å². The topological polar surface area (TPSA) is 51.2 Å². The first-order chi connectivity index (χ1) is 6.81. The Hall–Kier alpha value is -0.940. The molecule has 1 atom stereocenters. The molecule has 0 radical (unpaired) electrons. The van der Waals surface area contributed by atoms with Crippen LogP contribution in [0.3, 0.4) is 0 Å². The molecule has 76 valence electrons. The van der Waals surface area contributed by atoms with Crippen LogP contribution >= 0.6 is 11.3 Å². The van der Waals surface area contributed by atoms with Gasteiger partial charge in [-0.1, -0.05) is 0 Å². The highest BCUT2D eigenvalue weighted by Crippen LogP contribution is 2.25. The number of rotatable bonds is 2. The molecular formula is C9H12N2O2S. The van der Waals surface area contributed by atoms with Crippen LogP contribution in [0.2, 0.25) is 0 Å². The molecule has 1 unspecified atom stereocenters. The Bertz CT molecular complexity index is 331. The molecule has 5 heteroatoms. The van der Waals surface area contributed by atoms with E-state index in [1.807, 2.05) is 0 Å². The van der Waals surface area contributed by atoms with Crippen LogP contribution in [0.15, 0.2) is 5.38 Å². The monoisotopic (exact) mass is 212 g/mol. The summed E-state index contributed by atoms with van der Waals surface area (Å²) in [5.41, 5.74) is 0.418. The first kappa shape index (κ1) is 9.61. The third-order valence-corrected chi connectivity index (χ3v) is 3.23. The van der Waals surface area contributed by atoms with Gasteiger partial charge in [-0.15, -0.1) is 11.3 Å². The Kier molecular flexibility index (Phi) is 2.79. The van der Waals surface area contributed by atoms with Gasteiger partial charge in [0.2, 0.25) is 0 Å². The van der Waals surface area contributed by atoms with E-state index in [0.29, 0.717) is 11.7 Å². The van der Waals surface area contributed by atoms with E-state index >= 15 is 0 Å². The van der Waals surface area contributed by atoms with Crippen molar-refractivity contribution in [3.05, 3.63) is 16.1 Å². The molecule has 1 N–H and O–H groups in total. The Morgan fingerprint density at radius 1 is 1.79 bits per heavy atom. The second kappa shape index (κ2) is 4.06. The maximum Gasteiger partial charge on any atom is 0.357 e. The summed E-state index contributed by atoms with van der Waals surface area (Å²) in [5.74, 6) is -0.356. The van der Waals surface area contributed by atoms with Gasteiger partial charge in [-0.2, -0.15) is 0 Å². The number of nitrogens with zero attached hydrogens (tertiary/aromatic N) is 1. The van der Waals surface area contributed by atoms with Gasteiger partial charge in [0.05, 0.1) is 13.2 Å². The number of ether oxygens (including phenoxy) is 1. The SMILES string of the molecule is COC(=O)c1csc(C2CCCN2)n1. The van der Waals surface area contributed by atoms with E-state index in [-0.39, 0.29) is 5.97 Å². The van der Waals surface area contributed by atoms with E-state index in [0.717, 1.165) is 18.0 Å². The number of esters is 1. The molecule has 1 saturated heterocycles. The summed E-state index contributed by atoms with van der Waals surface area (Å²) in [7, 11) is 1.37. The highest BCUT2D eigenvalue weighted by Gasteiger charge is 2.21. The molecule has 1 fully saturated rings. The van der Waals surface area contributed by atoms with Gasteiger partial charge in [0, 0.05) is 5.38 Å². The van der Waals surface area contributed by atoms with Gasteiger partial charge < -0.3 is 10.1 Å². The largest absolute Gasteiger partial charge is 0.464 e. The molecule has 0 bridgehead atoms. The quantitative estimate of drug-likeness (QED) is 0.752. The van der Waals surface area contributed by atoms with Crippen molar-refractivity contribution in [1.29, 1.82) is 0 Å². The Labute approximate surface area is 86.3 Å². The first-order valence-electron chi connectivity index (χ1n) is 4.58. The van der Waals surface area contributed by atoms with Crippen LogP contribution in [0.25, 0.3) is 0 Å². The van der Waals surface area contributed by atoms with Crippen molar-refractivity contribution in [2.75, 3.05) is 13.7 Å². The second-order valence-electron chi connectivity index (χ2n) is 3.21. The summed E-state index contributed by atoms with van der Waals surface area (Å²) in [6, 6.07) is 0.332. The maximum absolute atomic E-state index is 11.1. The lowest BCUT2D eigenvalue weighted by atomic mass is 10.2. The van der Waals surface area contributed by atoms with Gasteiger partial charge in [-0.25, -0.2) is 9.78 Å². The van der Waals surface area contributed by atoms with Crippen LogP contribution in [0.4, 0.5) is 0 Å². The molecule has 2 heterocycles. The fourth-order valence-electron chi connectivity index (χ4n) is 1.54. The molecule has 14 heavy (non-hydrogen) atoms. The van der Waals surface area contributed by atoms with Crippen molar-refractivity contribution in [2.45, 2.75) is 18.9 Å². The molecule has 1 aromatic rings. The molecule has 4 nitrogen and oxygen atoms in total. The summed E-state index contributed by atoms with van der Waals surface area (Å²) in [6.07, 6.45) is 2.28. The molecule has 0 spiro atoms. The highest BCUT2D eigenvalue weighted by atomic mass is 32.1. The number of methoxy groups -OCH3 is 1. The van der Waals surface area contributed by atoms with Crippen LogP contribution < -0.4 is 5.32 Å². The second-order valence-corrected chi connectivity index (χ2v) is 4.10. The predicted octanol–water partition coefficient (Wildman–Crippen LogP) is 1.35. The summed E-state index contributed by atoms with van der Waals surface area (Å²) in [5, 5.41) is 6.08. The summed E-state index contributed by atoms with van der Waals surface area (Å²) < 4.78 is 4.60. The number of nitrogens with one attached hydrogen (secondary N) is 1. The van der Waals surface area contributed by atoms with Crippen molar-refractivity contribution in [2.24, 2.45) is 0 Å². The summed E-state index contributed by atoms with van der Waals surface area (Å²) in [4.78, 5) is 15.4. The van der Waals surface area contributed by atoms with E-state index in [4.69, 9.17) is 0 Å². The fourth-order valence-corrected chi connectivity index (χ4v) is 2.44. The molecular weight excluding hydrogens is 200 g/mol. The van der Waals surface area contributed by atoms with Gasteiger partial charge >= 0.3 is 5.97 Å². The summed E-state index contributed by atoms with van der Waals surface area (Å²) in [6.45, 7) is 1.04. The van der Waals surface area contributed by atoms with Crippen molar-refractivity contribution in [3.8, 4) is 0 Å². The standard InChI is InChI=1S/C9H12N2O2S/c1-13-9(12)7-5-14-8(11-7)6-3-2-4-10-6/h5-6,10H,2-4H2,1H3. The Morgan fingerprint density at radius 3 is 3.29 bits per heavy atom. The van der Waals surface area contributed by atoms with Crippen molar-refractivity contribution in [1.82, 2.24) is 10.3 Å². The molecule has 0 aliphatic carbocycles. The highest BCUT2D eigenvalue weighted by molar-refractivity contribution is 7.09. The molecule has 1 aliphatic heterocycles. The van der Waals surface area contributed by atoms with Gasteiger partial charge in [0.1, 0.15) is 5.01 Å². The van der Waals surface area contributed by atoms with E-state index < -0.39 is 0 Å². The Morgan fingerprint density at radius 2 is 2.64 bits per heavy atom. The number of carbonyl (C=O) groups is 1. The zero-order valence-corrected chi connectivity index (χ0v) is 8.76. The zero-order chi connectivity index (χ0) is 9.97. The number of carbonyl (C=O) groups excluding carboxylic acids is 1. The van der Waals surface area contributed by atoms with Crippen LogP contribution in [-0.4, -0.2) is 24.6 Å². The van der Waals surface area contributed by atoms with Crippen LogP contribution in [-0.2, 0) is 4.74 Å². The van der Waals surface area contributed by atoms with Gasteiger partial charge in [-0.3, -0.25) is 0 Å². The van der Waals surface area contributed by atoms with Gasteiger partial charge in [0.25, 0.3) is 0 Å². The predicted molar refractivity (Wildman–Crippen MR) is 53.4 cm³/mol. The van der Waals surface area contributed by atoms with Crippen molar-refractivity contribution < 1.29 is 9.53 Å². The molecule has 0 saturated carbocycles. The molecule has 1 aliphatic rings. The number of hydrogen-bond donors (Lipinski definition) is 1. The normalized spacial score (nSPS) is 21.1. The van der Waals surface area contributed by atoms with Gasteiger partial charge in [-0.05, 0) is 19.4 Å². The van der Waals surface area contributed by atoms with Crippen LogP contribution in [0.5, 0.6) is 0 Å². The van der Waals surface area contributed by atoms with Crippen LogP contribution in [0, 0.1) is 0 Å². The maximum atomic E-state index is 11.1. The lowest BCUT2D eigenvalue weighted by molar-refractivity contribution is 0.0594. The first-order valence-corrected chi connectivity index (χ1v) is 5.46. The number of thiazole rings is 1. The summed E-state index contributed by atoms with van der Waals surface area (Å²) >= 11 is 1.52. The minimum atomic E-state index is -0.356. The van der Waals surface area contributed by atoms with Crippen molar-refractivity contribution in [3.63, 3.8) is 0 Å². The molecule has 2 rings (SSSR count). The molecule has 0 amide bonds. The minimum Gasteiger partial charge on any atom is -0.464 e. The lowest BCUT2D eigenvalue weighted by Crippen LogP contribution is -2.13. The van der Waals surface area contributed by atoms with E-state index in [9.17, 15) is 4.79 Å². The third-order valence-electron chi connectivity index (χ3n) is 2.27. The molecule has 0 aromatic carbocycles. The number of hydrogen-bond acceptors (Lipinski definition) is 5. The number of aromatic nitrogens is 1. The van der Waals surface area contributed by atoms with Crippen molar-refractivity contribution >= 4 is 17.3 Å². The van der Waals surface area contributed by atoms with Crippen LogP contribution in [0.1, 0.15) is 34.4 Å². The van der Waals surface area contributed by atoms with E-state index in [1.54, 1.807) is 5.38 Å². The minimum absolute atomic E-state index is 0.332. The average Bonchev–Trinajstić information content (AvgIpc) is 2.86. The Balaban J connectivity index is 2.12. The van der Waals surface area contributed by atoms with E-state index in [2.05, 4.69) is 15.0 Å². The average molecular weight is 212 g/mol. The lowest BCUT2D eigenvalue weighted by Gasteiger charge is -2.04. The third kappa shape index (κ3) is 1.78. The zero-order valence-electron chi connectivity index (χ0n) is 7.95. The smallest absolute Gasteiger partial charge is 0.357 e. The molecule has 1 aromatic heterocycles. The fraction of sp³-hybridized carbons (Fsp3) is 0.556. The van der Waals surface area contributed by atoms with Gasteiger partial charge in [0.15, 0.2) is 5.69 Å².